The fraction of sp³-hybridized carbons (Fsp3) is 0.727. The number of hydrogen-bond acceptors (Lipinski definition) is 4. The van der Waals surface area contributed by atoms with Crippen molar-refractivity contribution >= 4 is 25.8 Å². The summed E-state index contributed by atoms with van der Waals surface area (Å²) in [5.41, 5.74) is 6.98. The van der Waals surface area contributed by atoms with Gasteiger partial charge in [0.1, 0.15) is 0 Å². The van der Waals surface area contributed by atoms with E-state index in [2.05, 4.69) is 21.0 Å². The van der Waals surface area contributed by atoms with E-state index in [0.717, 1.165) is 23.0 Å². The van der Waals surface area contributed by atoms with Gasteiger partial charge in [-0.2, -0.15) is 5.10 Å². The third-order valence-electron chi connectivity index (χ3n) is 3.48. The molecule has 1 aromatic heterocycles. The van der Waals surface area contributed by atoms with Crippen molar-refractivity contribution in [3.63, 3.8) is 0 Å². The van der Waals surface area contributed by atoms with E-state index in [1.807, 2.05) is 6.92 Å². The van der Waals surface area contributed by atoms with E-state index in [4.69, 9.17) is 5.73 Å². The molecule has 18 heavy (non-hydrogen) atoms. The van der Waals surface area contributed by atoms with Crippen LogP contribution in [0.2, 0.25) is 0 Å². The van der Waals surface area contributed by atoms with Gasteiger partial charge in [0.25, 0.3) is 0 Å². The lowest BCUT2D eigenvalue weighted by molar-refractivity contribution is 0.481. The second-order valence-corrected chi connectivity index (χ2v) is 7.81. The van der Waals surface area contributed by atoms with Crippen molar-refractivity contribution in [1.82, 2.24) is 9.78 Å². The SMILES string of the molecule is CCn1ncc(Br)c1C(N)C1CCCCS1(=O)=O. The second kappa shape index (κ2) is 5.30. The van der Waals surface area contributed by atoms with Crippen molar-refractivity contribution in [3.05, 3.63) is 16.4 Å². The van der Waals surface area contributed by atoms with Crippen molar-refractivity contribution in [2.45, 2.75) is 44.0 Å². The van der Waals surface area contributed by atoms with Gasteiger partial charge in [-0.15, -0.1) is 0 Å². The van der Waals surface area contributed by atoms with Crippen LogP contribution in [0.1, 0.15) is 37.9 Å². The Morgan fingerprint density at radius 1 is 1.61 bits per heavy atom. The summed E-state index contributed by atoms with van der Waals surface area (Å²) < 4.78 is 26.8. The van der Waals surface area contributed by atoms with E-state index in [0.29, 0.717) is 13.0 Å². The maximum Gasteiger partial charge on any atom is 0.155 e. The number of halogens is 1. The topological polar surface area (TPSA) is 78.0 Å². The number of nitrogens with zero attached hydrogens (tertiary/aromatic N) is 2. The van der Waals surface area contributed by atoms with E-state index in [1.165, 1.54) is 0 Å². The van der Waals surface area contributed by atoms with Crippen LogP contribution in [-0.4, -0.2) is 29.2 Å². The van der Waals surface area contributed by atoms with Crippen LogP contribution < -0.4 is 5.73 Å². The molecule has 2 atom stereocenters. The van der Waals surface area contributed by atoms with E-state index >= 15 is 0 Å². The fourth-order valence-corrected chi connectivity index (χ4v) is 5.09. The Morgan fingerprint density at radius 3 is 2.94 bits per heavy atom. The summed E-state index contributed by atoms with van der Waals surface area (Å²) in [5, 5.41) is 3.71. The molecule has 1 aliphatic heterocycles. The van der Waals surface area contributed by atoms with Gasteiger partial charge in [-0.05, 0) is 35.7 Å². The summed E-state index contributed by atoms with van der Waals surface area (Å²) in [6.07, 6.45) is 3.99. The molecule has 0 spiro atoms. The lowest BCUT2D eigenvalue weighted by atomic mass is 10.1. The number of rotatable bonds is 3. The van der Waals surface area contributed by atoms with Crippen LogP contribution in [0.3, 0.4) is 0 Å². The van der Waals surface area contributed by atoms with E-state index in [1.54, 1.807) is 10.9 Å². The molecular formula is C11H18BrN3O2S. The van der Waals surface area contributed by atoms with Gasteiger partial charge in [0.05, 0.1) is 33.4 Å². The average Bonchev–Trinajstić information content (AvgIpc) is 2.69. The van der Waals surface area contributed by atoms with Crippen LogP contribution in [0.4, 0.5) is 0 Å². The Labute approximate surface area is 116 Å². The summed E-state index contributed by atoms with van der Waals surface area (Å²) in [6.45, 7) is 2.65. The average molecular weight is 336 g/mol. The molecule has 0 aliphatic carbocycles. The Bertz CT molecular complexity index is 526. The number of sulfone groups is 1. The lowest BCUT2D eigenvalue weighted by Gasteiger charge is -2.28. The van der Waals surface area contributed by atoms with Gasteiger partial charge in [-0.1, -0.05) is 6.42 Å². The molecule has 1 aromatic rings. The largest absolute Gasteiger partial charge is 0.322 e. The summed E-state index contributed by atoms with van der Waals surface area (Å²) in [7, 11) is -3.08. The number of nitrogens with two attached hydrogens (primary N) is 1. The van der Waals surface area contributed by atoms with Crippen molar-refractivity contribution < 1.29 is 8.42 Å². The summed E-state index contributed by atoms with van der Waals surface area (Å²) >= 11 is 3.40. The Balaban J connectivity index is 2.35. The molecule has 0 bridgehead atoms. The maximum atomic E-state index is 12.1. The van der Waals surface area contributed by atoms with Crippen LogP contribution in [0.15, 0.2) is 10.7 Å². The van der Waals surface area contributed by atoms with Gasteiger partial charge in [0.15, 0.2) is 9.84 Å². The molecule has 1 fully saturated rings. The predicted octanol–water partition coefficient (Wildman–Crippen LogP) is 1.63. The third-order valence-corrected chi connectivity index (χ3v) is 6.40. The fourth-order valence-electron chi connectivity index (χ4n) is 2.51. The predicted molar refractivity (Wildman–Crippen MR) is 74.0 cm³/mol. The highest BCUT2D eigenvalue weighted by molar-refractivity contribution is 9.10. The second-order valence-electron chi connectivity index (χ2n) is 4.62. The highest BCUT2D eigenvalue weighted by Gasteiger charge is 2.36. The Kier molecular flexibility index (Phi) is 4.13. The monoisotopic (exact) mass is 335 g/mol. The van der Waals surface area contributed by atoms with Crippen molar-refractivity contribution in [3.8, 4) is 0 Å². The first-order chi connectivity index (χ1) is 8.47. The van der Waals surface area contributed by atoms with E-state index < -0.39 is 21.1 Å². The Morgan fingerprint density at radius 2 is 2.33 bits per heavy atom. The van der Waals surface area contributed by atoms with Crippen molar-refractivity contribution in [2.75, 3.05) is 5.75 Å². The molecule has 0 radical (unpaired) electrons. The highest BCUT2D eigenvalue weighted by Crippen LogP contribution is 2.32. The molecule has 2 rings (SSSR count). The normalized spacial score (nSPS) is 24.9. The molecule has 0 amide bonds. The standard InChI is InChI=1S/C11H18BrN3O2S/c1-2-15-11(8(12)7-14-15)10(13)9-5-3-4-6-18(9,16)17/h7,9-10H,2-6,13H2,1H3. The highest BCUT2D eigenvalue weighted by atomic mass is 79.9. The van der Waals surface area contributed by atoms with Crippen LogP contribution in [0, 0.1) is 0 Å². The molecule has 1 aliphatic rings. The summed E-state index contributed by atoms with van der Waals surface area (Å²) in [4.78, 5) is 0. The molecule has 2 heterocycles. The van der Waals surface area contributed by atoms with Gasteiger partial charge in [0.2, 0.25) is 0 Å². The lowest BCUT2D eigenvalue weighted by Crippen LogP contribution is -2.39. The summed E-state index contributed by atoms with van der Waals surface area (Å²) in [6, 6.07) is -0.507. The number of aromatic nitrogens is 2. The zero-order valence-electron chi connectivity index (χ0n) is 10.3. The first kappa shape index (κ1) is 14.0. The molecule has 102 valence electrons. The van der Waals surface area contributed by atoms with Crippen LogP contribution in [-0.2, 0) is 16.4 Å². The molecular weight excluding hydrogens is 318 g/mol. The minimum Gasteiger partial charge on any atom is -0.322 e. The number of aryl methyl sites for hydroxylation is 1. The van der Waals surface area contributed by atoms with E-state index in [9.17, 15) is 8.42 Å². The molecule has 2 N–H and O–H groups in total. The van der Waals surface area contributed by atoms with Gasteiger partial charge < -0.3 is 5.73 Å². The molecule has 7 heteroatoms. The Hall–Kier alpha value is -0.400. The van der Waals surface area contributed by atoms with Gasteiger partial charge in [-0.3, -0.25) is 4.68 Å². The van der Waals surface area contributed by atoms with Gasteiger partial charge in [-0.25, -0.2) is 8.42 Å². The minimum atomic E-state index is -3.08. The number of hydrogen-bond donors (Lipinski definition) is 1. The molecule has 2 unspecified atom stereocenters. The zero-order valence-corrected chi connectivity index (χ0v) is 12.7. The maximum absolute atomic E-state index is 12.1. The zero-order chi connectivity index (χ0) is 13.3. The molecule has 0 saturated carbocycles. The van der Waals surface area contributed by atoms with Gasteiger partial charge in [0, 0.05) is 6.54 Å². The molecule has 1 saturated heterocycles. The quantitative estimate of drug-likeness (QED) is 0.910. The van der Waals surface area contributed by atoms with Crippen LogP contribution in [0.5, 0.6) is 0 Å². The van der Waals surface area contributed by atoms with Crippen LogP contribution in [0.25, 0.3) is 0 Å². The van der Waals surface area contributed by atoms with Crippen LogP contribution >= 0.6 is 15.9 Å². The van der Waals surface area contributed by atoms with Crippen molar-refractivity contribution in [2.24, 2.45) is 5.73 Å². The van der Waals surface area contributed by atoms with Crippen molar-refractivity contribution in [1.29, 1.82) is 0 Å². The van der Waals surface area contributed by atoms with Gasteiger partial charge >= 0.3 is 0 Å². The first-order valence-electron chi connectivity index (χ1n) is 6.15. The molecule has 0 aromatic carbocycles. The third kappa shape index (κ3) is 2.48. The molecule has 5 nitrogen and oxygen atoms in total. The first-order valence-corrected chi connectivity index (χ1v) is 8.66. The minimum absolute atomic E-state index is 0.253. The summed E-state index contributed by atoms with van der Waals surface area (Å²) in [5.74, 6) is 0.253. The van der Waals surface area contributed by atoms with E-state index in [-0.39, 0.29) is 5.75 Å². The smallest absolute Gasteiger partial charge is 0.155 e.